The van der Waals surface area contributed by atoms with Crippen LogP contribution < -0.4 is 0 Å². The Morgan fingerprint density at radius 3 is 2.71 bits per heavy atom. The van der Waals surface area contributed by atoms with E-state index < -0.39 is 11.6 Å². The van der Waals surface area contributed by atoms with Gasteiger partial charge in [0.1, 0.15) is 10.7 Å². The largest absolute Gasteiger partial charge is 0.233 e. The molecule has 0 fully saturated rings. The predicted molar refractivity (Wildman–Crippen MR) is 51.4 cm³/mol. The van der Waals surface area contributed by atoms with E-state index in [0.717, 1.165) is 11.6 Å². The molecular formula is C10H6ClF2N. The highest BCUT2D eigenvalue weighted by Crippen LogP contribution is 2.23. The maximum atomic E-state index is 13.3. The molecular weight excluding hydrogens is 208 g/mol. The first-order valence-corrected chi connectivity index (χ1v) is 4.38. The van der Waals surface area contributed by atoms with Gasteiger partial charge in [0.25, 0.3) is 0 Å². The first-order valence-electron chi connectivity index (χ1n) is 4.00. The summed E-state index contributed by atoms with van der Waals surface area (Å²) < 4.78 is 26.1. The van der Waals surface area contributed by atoms with Gasteiger partial charge >= 0.3 is 0 Å². The Bertz CT molecular complexity index is 511. The molecule has 72 valence electrons. The van der Waals surface area contributed by atoms with Crippen LogP contribution in [0.1, 0.15) is 5.56 Å². The van der Waals surface area contributed by atoms with Crippen LogP contribution in [0.3, 0.4) is 0 Å². The van der Waals surface area contributed by atoms with Gasteiger partial charge in [-0.05, 0) is 30.7 Å². The van der Waals surface area contributed by atoms with Crippen molar-refractivity contribution in [2.24, 2.45) is 0 Å². The first kappa shape index (κ1) is 9.34. The normalized spacial score (nSPS) is 10.9. The number of pyridine rings is 1. The van der Waals surface area contributed by atoms with Crippen molar-refractivity contribution in [1.29, 1.82) is 0 Å². The molecule has 2 rings (SSSR count). The zero-order valence-corrected chi connectivity index (χ0v) is 8.07. The Balaban J connectivity index is 2.95. The second-order valence-electron chi connectivity index (χ2n) is 3.02. The van der Waals surface area contributed by atoms with Crippen molar-refractivity contribution in [2.45, 2.75) is 6.92 Å². The van der Waals surface area contributed by atoms with Crippen molar-refractivity contribution in [2.75, 3.05) is 0 Å². The predicted octanol–water partition coefficient (Wildman–Crippen LogP) is 3.47. The molecule has 0 bridgehead atoms. The number of fused-ring (bicyclic) bond motifs is 1. The standard InChI is InChI=1S/C10H6ClF2N/c1-5-4-8(11)14-10-6(5)2-3-7(12)9(10)13/h2-4H,1H3. The lowest BCUT2D eigenvalue weighted by atomic mass is 10.1. The molecule has 1 heterocycles. The Kier molecular flexibility index (Phi) is 2.11. The van der Waals surface area contributed by atoms with Crippen molar-refractivity contribution < 1.29 is 8.78 Å². The Labute approximate surface area is 84.3 Å². The SMILES string of the molecule is Cc1cc(Cl)nc2c(F)c(F)ccc12. The number of benzene rings is 1. The van der Waals surface area contributed by atoms with Crippen LogP contribution in [0.2, 0.25) is 5.15 Å². The summed E-state index contributed by atoms with van der Waals surface area (Å²) in [6.07, 6.45) is 0. The van der Waals surface area contributed by atoms with E-state index in [2.05, 4.69) is 4.98 Å². The highest BCUT2D eigenvalue weighted by Gasteiger charge is 2.10. The Morgan fingerprint density at radius 2 is 2.00 bits per heavy atom. The van der Waals surface area contributed by atoms with Gasteiger partial charge in [-0.15, -0.1) is 0 Å². The van der Waals surface area contributed by atoms with E-state index in [1.807, 2.05) is 0 Å². The van der Waals surface area contributed by atoms with Crippen molar-refractivity contribution in [3.8, 4) is 0 Å². The lowest BCUT2D eigenvalue weighted by Gasteiger charge is -2.03. The van der Waals surface area contributed by atoms with Gasteiger partial charge < -0.3 is 0 Å². The van der Waals surface area contributed by atoms with Gasteiger partial charge in [0, 0.05) is 5.39 Å². The molecule has 2 aromatic rings. The van der Waals surface area contributed by atoms with Gasteiger partial charge in [0.2, 0.25) is 0 Å². The molecule has 14 heavy (non-hydrogen) atoms. The summed E-state index contributed by atoms with van der Waals surface area (Å²) in [6.45, 7) is 1.77. The fourth-order valence-electron chi connectivity index (χ4n) is 1.36. The van der Waals surface area contributed by atoms with E-state index in [9.17, 15) is 8.78 Å². The van der Waals surface area contributed by atoms with Crippen LogP contribution in [0, 0.1) is 18.6 Å². The van der Waals surface area contributed by atoms with Crippen LogP contribution >= 0.6 is 11.6 Å². The fourth-order valence-corrected chi connectivity index (χ4v) is 1.61. The van der Waals surface area contributed by atoms with Gasteiger partial charge in [0.05, 0.1) is 0 Å². The van der Waals surface area contributed by atoms with Crippen molar-refractivity contribution in [1.82, 2.24) is 4.98 Å². The number of aryl methyl sites for hydroxylation is 1. The van der Waals surface area contributed by atoms with Crippen LogP contribution in [-0.4, -0.2) is 4.98 Å². The number of aromatic nitrogens is 1. The fraction of sp³-hybridized carbons (Fsp3) is 0.100. The topological polar surface area (TPSA) is 12.9 Å². The smallest absolute Gasteiger partial charge is 0.185 e. The highest BCUT2D eigenvalue weighted by molar-refractivity contribution is 6.29. The zero-order chi connectivity index (χ0) is 10.3. The van der Waals surface area contributed by atoms with Gasteiger partial charge in [-0.25, -0.2) is 13.8 Å². The summed E-state index contributed by atoms with van der Waals surface area (Å²) in [6, 6.07) is 4.19. The van der Waals surface area contributed by atoms with E-state index in [1.54, 1.807) is 13.0 Å². The monoisotopic (exact) mass is 213 g/mol. The third kappa shape index (κ3) is 1.34. The minimum atomic E-state index is -0.951. The van der Waals surface area contributed by atoms with Gasteiger partial charge in [-0.3, -0.25) is 0 Å². The molecule has 1 nitrogen and oxygen atoms in total. The molecule has 0 aliphatic carbocycles. The summed E-state index contributed by atoms with van der Waals surface area (Å²) in [5, 5.41) is 0.743. The van der Waals surface area contributed by atoms with Crippen molar-refractivity contribution in [3.05, 3.63) is 40.6 Å². The molecule has 1 aromatic carbocycles. The Morgan fingerprint density at radius 1 is 1.29 bits per heavy atom. The zero-order valence-electron chi connectivity index (χ0n) is 7.31. The molecule has 0 saturated carbocycles. The average Bonchev–Trinajstić information content (AvgIpc) is 2.12. The molecule has 0 atom stereocenters. The second-order valence-corrected chi connectivity index (χ2v) is 3.41. The maximum Gasteiger partial charge on any atom is 0.185 e. The molecule has 0 spiro atoms. The molecule has 0 amide bonds. The third-order valence-electron chi connectivity index (χ3n) is 2.05. The maximum absolute atomic E-state index is 13.3. The van der Waals surface area contributed by atoms with E-state index in [-0.39, 0.29) is 10.7 Å². The molecule has 0 saturated heterocycles. The lowest BCUT2D eigenvalue weighted by molar-refractivity contribution is 0.515. The molecule has 0 aliphatic rings. The second kappa shape index (κ2) is 3.17. The van der Waals surface area contributed by atoms with Gasteiger partial charge in [-0.1, -0.05) is 11.6 Å². The van der Waals surface area contributed by atoms with Crippen LogP contribution in [0.4, 0.5) is 8.78 Å². The van der Waals surface area contributed by atoms with Crippen molar-refractivity contribution in [3.63, 3.8) is 0 Å². The average molecular weight is 214 g/mol. The Hall–Kier alpha value is -1.22. The van der Waals surface area contributed by atoms with Gasteiger partial charge in [0.15, 0.2) is 11.6 Å². The molecule has 0 N–H and O–H groups in total. The summed E-state index contributed by atoms with van der Waals surface area (Å²) in [5.74, 6) is -1.86. The van der Waals surface area contributed by atoms with E-state index in [1.165, 1.54) is 6.07 Å². The van der Waals surface area contributed by atoms with E-state index in [4.69, 9.17) is 11.6 Å². The first-order chi connectivity index (χ1) is 6.59. The third-order valence-corrected chi connectivity index (χ3v) is 2.24. The van der Waals surface area contributed by atoms with Crippen LogP contribution in [0.25, 0.3) is 10.9 Å². The van der Waals surface area contributed by atoms with Crippen LogP contribution in [0.15, 0.2) is 18.2 Å². The lowest BCUT2D eigenvalue weighted by Crippen LogP contribution is -1.91. The van der Waals surface area contributed by atoms with Gasteiger partial charge in [-0.2, -0.15) is 0 Å². The number of nitrogens with zero attached hydrogens (tertiary/aromatic N) is 1. The summed E-state index contributed by atoms with van der Waals surface area (Å²) >= 11 is 5.65. The minimum absolute atomic E-state index is 0.0185. The minimum Gasteiger partial charge on any atom is -0.233 e. The molecule has 0 unspecified atom stereocenters. The summed E-state index contributed by atoms with van der Waals surface area (Å²) in [5.41, 5.74) is 0.758. The highest BCUT2D eigenvalue weighted by atomic mass is 35.5. The molecule has 0 radical (unpaired) electrons. The van der Waals surface area contributed by atoms with E-state index >= 15 is 0 Å². The molecule has 0 aliphatic heterocycles. The number of halogens is 3. The number of rotatable bonds is 0. The number of hydrogen-bond donors (Lipinski definition) is 0. The summed E-state index contributed by atoms with van der Waals surface area (Å²) in [7, 11) is 0. The summed E-state index contributed by atoms with van der Waals surface area (Å²) in [4.78, 5) is 3.75. The van der Waals surface area contributed by atoms with Crippen LogP contribution in [0.5, 0.6) is 0 Å². The van der Waals surface area contributed by atoms with Crippen molar-refractivity contribution >= 4 is 22.5 Å². The quantitative estimate of drug-likeness (QED) is 0.611. The molecule has 1 aromatic heterocycles. The molecule has 4 heteroatoms. The van der Waals surface area contributed by atoms with Crippen LogP contribution in [-0.2, 0) is 0 Å². The van der Waals surface area contributed by atoms with E-state index in [0.29, 0.717) is 5.39 Å². The number of hydrogen-bond acceptors (Lipinski definition) is 1.